The molecule has 0 aromatic heterocycles. The smallest absolute Gasteiger partial charge is 0.161 e. The number of ether oxygens (including phenoxy) is 2. The first-order valence-electron chi connectivity index (χ1n) is 7.92. The minimum Gasteiger partial charge on any atom is -0.493 e. The molecular weight excluding hydrogens is 264 g/mol. The summed E-state index contributed by atoms with van der Waals surface area (Å²) in [6, 6.07) is 7.33. The Morgan fingerprint density at radius 1 is 1.19 bits per heavy atom. The van der Waals surface area contributed by atoms with Crippen molar-refractivity contribution in [2.24, 2.45) is 0 Å². The number of likely N-dealkylation sites (N-methyl/N-ethyl adjacent to an activating group) is 2. The Hall–Kier alpha value is -1.26. The number of benzene rings is 1. The van der Waals surface area contributed by atoms with Gasteiger partial charge in [-0.3, -0.25) is 4.90 Å². The van der Waals surface area contributed by atoms with Gasteiger partial charge in [0.15, 0.2) is 11.5 Å². The average molecular weight is 292 g/mol. The van der Waals surface area contributed by atoms with Crippen LogP contribution in [0.2, 0.25) is 0 Å². The highest BCUT2D eigenvalue weighted by Crippen LogP contribution is 2.32. The van der Waals surface area contributed by atoms with E-state index in [0.29, 0.717) is 6.04 Å². The second kappa shape index (κ2) is 7.66. The Labute approximate surface area is 128 Å². The van der Waals surface area contributed by atoms with Crippen LogP contribution in [-0.2, 0) is 0 Å². The Morgan fingerprint density at radius 2 is 1.90 bits per heavy atom. The first kappa shape index (κ1) is 16.1. The van der Waals surface area contributed by atoms with Crippen LogP contribution >= 0.6 is 0 Å². The third kappa shape index (κ3) is 4.11. The van der Waals surface area contributed by atoms with Crippen molar-refractivity contribution >= 4 is 0 Å². The van der Waals surface area contributed by atoms with Gasteiger partial charge in [-0.1, -0.05) is 19.9 Å². The molecule has 0 spiro atoms. The summed E-state index contributed by atoms with van der Waals surface area (Å²) in [4.78, 5) is 2.57. The molecule has 0 aliphatic heterocycles. The van der Waals surface area contributed by atoms with E-state index in [2.05, 4.69) is 36.2 Å². The molecule has 0 amide bonds. The van der Waals surface area contributed by atoms with Crippen molar-refractivity contribution in [1.82, 2.24) is 10.2 Å². The van der Waals surface area contributed by atoms with Crippen LogP contribution in [-0.4, -0.2) is 44.8 Å². The van der Waals surface area contributed by atoms with Crippen molar-refractivity contribution in [3.8, 4) is 11.5 Å². The van der Waals surface area contributed by atoms with Gasteiger partial charge in [0.1, 0.15) is 0 Å². The zero-order valence-corrected chi connectivity index (χ0v) is 13.7. The van der Waals surface area contributed by atoms with E-state index in [0.717, 1.165) is 37.2 Å². The van der Waals surface area contributed by atoms with Gasteiger partial charge in [0.2, 0.25) is 0 Å². The molecule has 21 heavy (non-hydrogen) atoms. The Kier molecular flexibility index (Phi) is 5.88. The summed E-state index contributed by atoms with van der Waals surface area (Å²) in [5, 5.41) is 3.60. The summed E-state index contributed by atoms with van der Waals surface area (Å²) in [5.41, 5.74) is 1.26. The molecule has 4 nitrogen and oxygen atoms in total. The van der Waals surface area contributed by atoms with Crippen molar-refractivity contribution in [1.29, 1.82) is 0 Å². The standard InChI is InChI=1S/C17H28N2O2/c1-5-18-15(12-19(6-2)14-8-9-14)13-7-10-16(20-3)17(11-13)21-4/h7,10-11,14-15,18H,5-6,8-9,12H2,1-4H3. The summed E-state index contributed by atoms with van der Waals surface area (Å²) < 4.78 is 10.8. The second-order valence-electron chi connectivity index (χ2n) is 5.54. The minimum atomic E-state index is 0.329. The van der Waals surface area contributed by atoms with Crippen LogP contribution in [0, 0.1) is 0 Å². The Morgan fingerprint density at radius 3 is 2.43 bits per heavy atom. The summed E-state index contributed by atoms with van der Waals surface area (Å²) in [6.07, 6.45) is 2.69. The van der Waals surface area contributed by atoms with Crippen LogP contribution < -0.4 is 14.8 Å². The molecule has 0 heterocycles. The topological polar surface area (TPSA) is 33.7 Å². The third-order valence-electron chi connectivity index (χ3n) is 4.15. The first-order valence-corrected chi connectivity index (χ1v) is 7.92. The number of methoxy groups -OCH3 is 2. The van der Waals surface area contributed by atoms with Crippen molar-refractivity contribution in [2.75, 3.05) is 33.9 Å². The molecule has 1 fully saturated rings. The fourth-order valence-electron chi connectivity index (χ4n) is 2.81. The number of rotatable bonds is 9. The first-order chi connectivity index (χ1) is 10.2. The zero-order chi connectivity index (χ0) is 15.2. The van der Waals surface area contributed by atoms with Gasteiger partial charge in [0.25, 0.3) is 0 Å². The van der Waals surface area contributed by atoms with E-state index in [-0.39, 0.29) is 0 Å². The molecule has 0 saturated heterocycles. The lowest BCUT2D eigenvalue weighted by Crippen LogP contribution is -2.36. The van der Waals surface area contributed by atoms with Gasteiger partial charge < -0.3 is 14.8 Å². The molecule has 1 aliphatic carbocycles. The molecule has 4 heteroatoms. The summed E-state index contributed by atoms with van der Waals surface area (Å²) >= 11 is 0. The molecule has 0 bridgehead atoms. The normalized spacial score (nSPS) is 16.0. The summed E-state index contributed by atoms with van der Waals surface area (Å²) in [5.74, 6) is 1.58. The van der Waals surface area contributed by atoms with E-state index in [1.807, 2.05) is 6.07 Å². The Balaban J connectivity index is 2.16. The van der Waals surface area contributed by atoms with E-state index in [9.17, 15) is 0 Å². The van der Waals surface area contributed by atoms with Crippen LogP contribution in [0.4, 0.5) is 0 Å². The Bertz CT molecular complexity index is 446. The molecule has 1 saturated carbocycles. The van der Waals surface area contributed by atoms with Crippen molar-refractivity contribution in [3.05, 3.63) is 23.8 Å². The maximum atomic E-state index is 5.43. The molecule has 1 atom stereocenters. The van der Waals surface area contributed by atoms with E-state index in [4.69, 9.17) is 9.47 Å². The molecule has 1 unspecified atom stereocenters. The quantitative estimate of drug-likeness (QED) is 0.759. The molecule has 1 aromatic rings. The highest BCUT2D eigenvalue weighted by atomic mass is 16.5. The van der Waals surface area contributed by atoms with Gasteiger partial charge in [-0.2, -0.15) is 0 Å². The largest absolute Gasteiger partial charge is 0.493 e. The maximum Gasteiger partial charge on any atom is 0.161 e. The van der Waals surface area contributed by atoms with E-state index in [1.54, 1.807) is 14.2 Å². The molecule has 1 N–H and O–H groups in total. The third-order valence-corrected chi connectivity index (χ3v) is 4.15. The summed E-state index contributed by atoms with van der Waals surface area (Å²) in [7, 11) is 3.36. The van der Waals surface area contributed by atoms with Crippen LogP contribution in [0.15, 0.2) is 18.2 Å². The number of hydrogen-bond donors (Lipinski definition) is 1. The molecule has 0 radical (unpaired) electrons. The molecule has 118 valence electrons. The highest BCUT2D eigenvalue weighted by molar-refractivity contribution is 5.43. The lowest BCUT2D eigenvalue weighted by Gasteiger charge is -2.27. The lowest BCUT2D eigenvalue weighted by molar-refractivity contribution is 0.245. The van der Waals surface area contributed by atoms with Gasteiger partial charge in [-0.05, 0) is 43.6 Å². The van der Waals surface area contributed by atoms with Crippen molar-refractivity contribution < 1.29 is 9.47 Å². The lowest BCUT2D eigenvalue weighted by atomic mass is 10.1. The van der Waals surface area contributed by atoms with E-state index >= 15 is 0 Å². The van der Waals surface area contributed by atoms with Crippen LogP contribution in [0.25, 0.3) is 0 Å². The van der Waals surface area contributed by atoms with Gasteiger partial charge in [-0.25, -0.2) is 0 Å². The van der Waals surface area contributed by atoms with E-state index < -0.39 is 0 Å². The van der Waals surface area contributed by atoms with Crippen LogP contribution in [0.3, 0.4) is 0 Å². The molecule has 1 aliphatic rings. The fourth-order valence-corrected chi connectivity index (χ4v) is 2.81. The number of nitrogens with one attached hydrogen (secondary N) is 1. The molecule has 1 aromatic carbocycles. The highest BCUT2D eigenvalue weighted by Gasteiger charge is 2.29. The fraction of sp³-hybridized carbons (Fsp3) is 0.647. The monoisotopic (exact) mass is 292 g/mol. The van der Waals surface area contributed by atoms with Crippen molar-refractivity contribution in [3.63, 3.8) is 0 Å². The minimum absolute atomic E-state index is 0.329. The van der Waals surface area contributed by atoms with Crippen LogP contribution in [0.5, 0.6) is 11.5 Å². The van der Waals surface area contributed by atoms with Gasteiger partial charge in [0.05, 0.1) is 14.2 Å². The van der Waals surface area contributed by atoms with Crippen molar-refractivity contribution in [2.45, 2.75) is 38.8 Å². The van der Waals surface area contributed by atoms with Gasteiger partial charge in [-0.15, -0.1) is 0 Å². The van der Waals surface area contributed by atoms with Gasteiger partial charge >= 0.3 is 0 Å². The average Bonchev–Trinajstić information content (AvgIpc) is 3.35. The maximum absolute atomic E-state index is 5.43. The summed E-state index contributed by atoms with van der Waals surface area (Å²) in [6.45, 7) is 7.52. The number of nitrogens with zero attached hydrogens (tertiary/aromatic N) is 1. The van der Waals surface area contributed by atoms with E-state index in [1.165, 1.54) is 18.4 Å². The van der Waals surface area contributed by atoms with Gasteiger partial charge in [0, 0.05) is 18.6 Å². The SMILES string of the molecule is CCNC(CN(CC)C1CC1)c1ccc(OC)c(OC)c1. The molecular formula is C17H28N2O2. The predicted molar refractivity (Wildman–Crippen MR) is 86.2 cm³/mol. The van der Waals surface area contributed by atoms with Crippen LogP contribution in [0.1, 0.15) is 38.3 Å². The predicted octanol–water partition coefficient (Wildman–Crippen LogP) is 2.84. The number of hydrogen-bond acceptors (Lipinski definition) is 4. The molecule has 2 rings (SSSR count). The second-order valence-corrected chi connectivity index (χ2v) is 5.54. The zero-order valence-electron chi connectivity index (χ0n) is 13.7.